The van der Waals surface area contributed by atoms with Gasteiger partial charge >= 0.3 is 0 Å². The molecule has 0 bridgehead atoms. The summed E-state index contributed by atoms with van der Waals surface area (Å²) in [7, 11) is 0. The Kier molecular flexibility index (Phi) is 5.42. The Morgan fingerprint density at radius 2 is 1.70 bits per heavy atom. The smallest absolute Gasteiger partial charge is 0.120 e. The topological polar surface area (TPSA) is 12.5 Å². The number of thiocarbonyl (C=S) groups is 1. The zero-order valence-electron chi connectivity index (χ0n) is 12.6. The highest BCUT2D eigenvalue weighted by Gasteiger charge is 2.16. The highest BCUT2D eigenvalue weighted by atomic mass is 35.5. The number of rotatable bonds is 4. The van der Waals surface area contributed by atoms with Crippen molar-refractivity contribution in [3.63, 3.8) is 0 Å². The number of halogens is 2. The molecule has 120 valence electrons. The van der Waals surface area contributed by atoms with Gasteiger partial charge in [0.15, 0.2) is 0 Å². The molecule has 23 heavy (non-hydrogen) atoms. The van der Waals surface area contributed by atoms with Crippen molar-refractivity contribution in [2.24, 2.45) is 0 Å². The van der Waals surface area contributed by atoms with Crippen LogP contribution in [0.5, 0.6) is 5.75 Å². The quantitative estimate of drug-likeness (QED) is 0.678. The first kappa shape index (κ1) is 16.6. The SMILES string of the molecule is S=C(c1cccc(OCc2c(Cl)cccc2Cl)c1)N1CCCC1. The molecule has 0 spiro atoms. The summed E-state index contributed by atoms with van der Waals surface area (Å²) in [6.45, 7) is 2.41. The van der Waals surface area contributed by atoms with Gasteiger partial charge in [-0.05, 0) is 37.1 Å². The van der Waals surface area contributed by atoms with Crippen molar-refractivity contribution < 1.29 is 4.74 Å². The van der Waals surface area contributed by atoms with Gasteiger partial charge < -0.3 is 9.64 Å². The molecule has 0 amide bonds. The molecule has 1 aliphatic rings. The Labute approximate surface area is 152 Å². The van der Waals surface area contributed by atoms with Gasteiger partial charge in [0.1, 0.15) is 17.3 Å². The molecule has 2 aromatic rings. The van der Waals surface area contributed by atoms with Crippen LogP contribution < -0.4 is 4.74 Å². The number of ether oxygens (including phenoxy) is 1. The van der Waals surface area contributed by atoms with Gasteiger partial charge in [0, 0.05) is 34.3 Å². The van der Waals surface area contributed by atoms with E-state index >= 15 is 0 Å². The molecular formula is C18H17Cl2NOS. The normalized spacial score (nSPS) is 14.1. The third-order valence-electron chi connectivity index (χ3n) is 3.92. The maximum atomic E-state index is 6.17. The van der Waals surface area contributed by atoms with Gasteiger partial charge in [-0.15, -0.1) is 0 Å². The first-order chi connectivity index (χ1) is 11.1. The zero-order chi connectivity index (χ0) is 16.2. The Bertz CT molecular complexity index is 694. The van der Waals surface area contributed by atoms with E-state index in [1.165, 1.54) is 12.8 Å². The lowest BCUT2D eigenvalue weighted by molar-refractivity contribution is 0.306. The van der Waals surface area contributed by atoms with E-state index in [0.29, 0.717) is 16.7 Å². The summed E-state index contributed by atoms with van der Waals surface area (Å²) in [4.78, 5) is 3.14. The second-order valence-corrected chi connectivity index (χ2v) is 6.72. The highest BCUT2D eigenvalue weighted by molar-refractivity contribution is 7.80. The van der Waals surface area contributed by atoms with E-state index in [2.05, 4.69) is 4.90 Å². The third-order valence-corrected chi connectivity index (χ3v) is 5.12. The van der Waals surface area contributed by atoms with Crippen molar-refractivity contribution in [2.75, 3.05) is 13.1 Å². The van der Waals surface area contributed by atoms with E-state index in [1.54, 1.807) is 0 Å². The molecule has 2 nitrogen and oxygen atoms in total. The molecule has 1 saturated heterocycles. The summed E-state index contributed by atoms with van der Waals surface area (Å²) in [6.07, 6.45) is 2.42. The van der Waals surface area contributed by atoms with Gasteiger partial charge in [-0.2, -0.15) is 0 Å². The minimum absolute atomic E-state index is 0.332. The molecule has 5 heteroatoms. The van der Waals surface area contributed by atoms with Crippen LogP contribution >= 0.6 is 35.4 Å². The zero-order valence-corrected chi connectivity index (χ0v) is 14.9. The Balaban J connectivity index is 1.71. The van der Waals surface area contributed by atoms with Gasteiger partial charge in [0.25, 0.3) is 0 Å². The van der Waals surface area contributed by atoms with Crippen molar-refractivity contribution >= 4 is 40.4 Å². The molecule has 3 rings (SSSR count). The first-order valence-electron chi connectivity index (χ1n) is 7.60. The predicted octanol–water partition coefficient (Wildman–Crippen LogP) is 5.34. The Morgan fingerprint density at radius 3 is 2.39 bits per heavy atom. The van der Waals surface area contributed by atoms with E-state index in [4.69, 9.17) is 40.2 Å². The molecule has 2 aromatic carbocycles. The molecule has 0 unspecified atom stereocenters. The monoisotopic (exact) mass is 365 g/mol. The second-order valence-electron chi connectivity index (χ2n) is 5.52. The lowest BCUT2D eigenvalue weighted by Crippen LogP contribution is -2.26. The number of benzene rings is 2. The Hall–Kier alpha value is -1.29. The Morgan fingerprint density at radius 1 is 1.04 bits per heavy atom. The fraction of sp³-hybridized carbons (Fsp3) is 0.278. The predicted molar refractivity (Wildman–Crippen MR) is 99.7 cm³/mol. The number of hydrogen-bond donors (Lipinski definition) is 0. The largest absolute Gasteiger partial charge is 0.489 e. The van der Waals surface area contributed by atoms with Gasteiger partial charge in [-0.3, -0.25) is 0 Å². The second kappa shape index (κ2) is 7.52. The minimum atomic E-state index is 0.332. The fourth-order valence-electron chi connectivity index (χ4n) is 2.65. The van der Waals surface area contributed by atoms with Crippen molar-refractivity contribution in [1.29, 1.82) is 0 Å². The van der Waals surface area contributed by atoms with E-state index in [0.717, 1.165) is 35.0 Å². The molecule has 1 aliphatic heterocycles. The van der Waals surface area contributed by atoms with Crippen LogP contribution in [0, 0.1) is 0 Å². The molecule has 1 fully saturated rings. The molecule has 0 atom stereocenters. The summed E-state index contributed by atoms with van der Waals surface area (Å²) in [5.41, 5.74) is 1.81. The van der Waals surface area contributed by atoms with E-state index in [9.17, 15) is 0 Å². The molecule has 0 N–H and O–H groups in total. The van der Waals surface area contributed by atoms with Crippen LogP contribution in [0.15, 0.2) is 42.5 Å². The standard InChI is InChI=1S/C18H17Cl2NOS/c19-16-7-4-8-17(20)15(16)12-22-14-6-3-5-13(11-14)18(23)21-9-1-2-10-21/h3-8,11H,1-2,9-10,12H2. The van der Waals surface area contributed by atoms with Crippen LogP contribution in [0.4, 0.5) is 0 Å². The summed E-state index contributed by atoms with van der Waals surface area (Å²) in [6, 6.07) is 13.3. The van der Waals surface area contributed by atoms with Crippen LogP contribution in [-0.4, -0.2) is 23.0 Å². The summed E-state index contributed by atoms with van der Waals surface area (Å²) < 4.78 is 5.86. The number of nitrogens with zero attached hydrogens (tertiary/aromatic N) is 1. The van der Waals surface area contributed by atoms with E-state index in [1.807, 2.05) is 42.5 Å². The summed E-state index contributed by atoms with van der Waals surface area (Å²) in [5, 5.41) is 1.22. The number of likely N-dealkylation sites (tertiary alicyclic amines) is 1. The molecule has 0 radical (unpaired) electrons. The maximum Gasteiger partial charge on any atom is 0.120 e. The van der Waals surface area contributed by atoms with Crippen molar-refractivity contribution in [3.8, 4) is 5.75 Å². The van der Waals surface area contributed by atoms with Crippen molar-refractivity contribution in [2.45, 2.75) is 19.4 Å². The van der Waals surface area contributed by atoms with Crippen LogP contribution in [0.1, 0.15) is 24.0 Å². The average Bonchev–Trinajstić information content (AvgIpc) is 3.08. The van der Waals surface area contributed by atoms with Crippen molar-refractivity contribution in [3.05, 3.63) is 63.6 Å². The third kappa shape index (κ3) is 3.97. The minimum Gasteiger partial charge on any atom is -0.489 e. The highest BCUT2D eigenvalue weighted by Crippen LogP contribution is 2.26. The molecule has 0 aliphatic carbocycles. The van der Waals surface area contributed by atoms with Crippen LogP contribution in [0.3, 0.4) is 0 Å². The summed E-state index contributed by atoms with van der Waals surface area (Å²) >= 11 is 17.9. The summed E-state index contributed by atoms with van der Waals surface area (Å²) in [5.74, 6) is 0.764. The molecular weight excluding hydrogens is 349 g/mol. The van der Waals surface area contributed by atoms with E-state index < -0.39 is 0 Å². The van der Waals surface area contributed by atoms with E-state index in [-0.39, 0.29) is 0 Å². The number of hydrogen-bond acceptors (Lipinski definition) is 2. The van der Waals surface area contributed by atoms with Gasteiger partial charge in [-0.1, -0.05) is 53.6 Å². The van der Waals surface area contributed by atoms with Gasteiger partial charge in [0.05, 0.1) is 0 Å². The molecule has 0 saturated carbocycles. The van der Waals surface area contributed by atoms with Crippen LogP contribution in [-0.2, 0) is 6.61 Å². The van der Waals surface area contributed by atoms with Crippen LogP contribution in [0.2, 0.25) is 10.0 Å². The van der Waals surface area contributed by atoms with Gasteiger partial charge in [0.2, 0.25) is 0 Å². The first-order valence-corrected chi connectivity index (χ1v) is 8.76. The lowest BCUT2D eigenvalue weighted by atomic mass is 10.2. The molecule has 0 aromatic heterocycles. The maximum absolute atomic E-state index is 6.17. The average molecular weight is 366 g/mol. The molecule has 1 heterocycles. The van der Waals surface area contributed by atoms with Crippen LogP contribution in [0.25, 0.3) is 0 Å². The lowest BCUT2D eigenvalue weighted by Gasteiger charge is -2.19. The van der Waals surface area contributed by atoms with Crippen molar-refractivity contribution in [1.82, 2.24) is 4.90 Å². The fourth-order valence-corrected chi connectivity index (χ4v) is 3.46. The van der Waals surface area contributed by atoms with Gasteiger partial charge in [-0.25, -0.2) is 0 Å².